The summed E-state index contributed by atoms with van der Waals surface area (Å²) in [7, 11) is 0. The van der Waals surface area contributed by atoms with E-state index < -0.39 is 24.6 Å². The van der Waals surface area contributed by atoms with Gasteiger partial charge in [0.25, 0.3) is 0 Å². The highest BCUT2D eigenvalue weighted by Gasteiger charge is 2.38. The Morgan fingerprint density at radius 2 is 1.51 bits per heavy atom. The monoisotopic (exact) mass is 773 g/mol. The van der Waals surface area contributed by atoms with Crippen LogP contribution in [-0.4, -0.2) is 95.2 Å². The van der Waals surface area contributed by atoms with Gasteiger partial charge < -0.3 is 40.5 Å². The highest BCUT2D eigenvalue weighted by atomic mass is 16.3. The van der Waals surface area contributed by atoms with E-state index in [0.717, 1.165) is 88.2 Å². The molecule has 14 nitrogen and oxygen atoms in total. The van der Waals surface area contributed by atoms with Gasteiger partial charge >= 0.3 is 0 Å². The fraction of sp³-hybridized carbons (Fsp3) is 0.442. The molecule has 2 aromatic carbocycles. The van der Waals surface area contributed by atoms with Crippen LogP contribution in [0.1, 0.15) is 101 Å². The predicted octanol–water partition coefficient (Wildman–Crippen LogP) is 5.15. The lowest BCUT2D eigenvalue weighted by atomic mass is 10.0. The summed E-state index contributed by atoms with van der Waals surface area (Å²) in [6, 6.07) is 11.1. The largest absolute Gasteiger partial charge is 0.387 e. The van der Waals surface area contributed by atoms with E-state index in [1.54, 1.807) is 4.90 Å². The quantitative estimate of drug-likeness (QED) is 0.107. The first-order valence-electron chi connectivity index (χ1n) is 20.1. The number of rotatable bonds is 11. The third kappa shape index (κ3) is 7.34. The standard InChI is InChI=1S/C43H51N9O5/c1-22(2)38(45-24(5)54)42(56)51-12-6-8-35(51)40-44-20-34(49-40)33-19-29-16-27-14-26(15-28(27)18-31(29)46-33)25-10-11-30-32(17-25)48-41(47-30)36-9-7-13-52(36)43(57)39(23(3)4)50-37(55)21-53/h10-11,15-20,22-23,35-36,38-39,46,53H,6-9,12-14,21H2,1-5H3,(H,44,49)(H,45,54)(H,47,48)(H,50,55)/t35?,36?,38-,39+/m1/s1. The van der Waals surface area contributed by atoms with E-state index in [4.69, 9.17) is 9.97 Å². The number of aromatic nitrogens is 5. The number of carbonyl (C=O) groups is 4. The van der Waals surface area contributed by atoms with E-state index in [9.17, 15) is 24.3 Å². The number of imidazole rings is 2. The molecule has 0 spiro atoms. The SMILES string of the molecule is CC(=O)N[C@@H](C(=O)N1CCCC1c1ncc(-c2cc3cc4c(cc3[nH]2)C=C(c2ccc3nc(C5CCCN5C(=O)[C@@H](NC(=O)CO)C(C)C)[nH]c3c2)C4)[nH]1)C(C)C. The zero-order valence-corrected chi connectivity index (χ0v) is 33.1. The van der Waals surface area contributed by atoms with E-state index in [1.165, 1.54) is 18.1 Å². The van der Waals surface area contributed by atoms with Crippen molar-refractivity contribution in [3.63, 3.8) is 0 Å². The lowest BCUT2D eigenvalue weighted by Gasteiger charge is -2.30. The second-order valence-corrected chi connectivity index (χ2v) is 16.5. The van der Waals surface area contributed by atoms with E-state index >= 15 is 0 Å². The molecule has 2 saturated heterocycles. The van der Waals surface area contributed by atoms with Gasteiger partial charge in [-0.2, -0.15) is 0 Å². The molecule has 2 unspecified atom stereocenters. The van der Waals surface area contributed by atoms with Crippen LogP contribution in [0, 0.1) is 11.8 Å². The average Bonchev–Trinajstić information content (AvgIpc) is 4.03. The van der Waals surface area contributed by atoms with Gasteiger partial charge in [-0.1, -0.05) is 39.8 Å². The molecule has 14 heteroatoms. The maximum atomic E-state index is 13.6. The van der Waals surface area contributed by atoms with Gasteiger partial charge in [0.1, 0.15) is 30.3 Å². The van der Waals surface area contributed by atoms with Crippen LogP contribution in [0.3, 0.4) is 0 Å². The predicted molar refractivity (Wildman–Crippen MR) is 217 cm³/mol. The maximum Gasteiger partial charge on any atom is 0.246 e. The number of amides is 4. The van der Waals surface area contributed by atoms with Crippen LogP contribution < -0.4 is 10.6 Å². The van der Waals surface area contributed by atoms with Gasteiger partial charge in [0.05, 0.1) is 40.7 Å². The highest BCUT2D eigenvalue weighted by Crippen LogP contribution is 2.38. The summed E-state index contributed by atoms with van der Waals surface area (Å²) >= 11 is 0. The number of hydrogen-bond donors (Lipinski definition) is 6. The number of likely N-dealkylation sites (tertiary alicyclic amines) is 2. The number of allylic oxidation sites excluding steroid dienone is 1. The lowest BCUT2D eigenvalue weighted by Crippen LogP contribution is -2.51. The topological polar surface area (TPSA) is 192 Å². The molecule has 5 aromatic rings. The molecule has 298 valence electrons. The molecule has 4 atom stereocenters. The molecule has 0 radical (unpaired) electrons. The third-order valence-corrected chi connectivity index (χ3v) is 11.7. The van der Waals surface area contributed by atoms with Crippen molar-refractivity contribution in [3.05, 3.63) is 70.9 Å². The van der Waals surface area contributed by atoms with Gasteiger partial charge in [-0.05, 0) is 96.5 Å². The number of H-pyrrole nitrogens is 3. The normalized spacial score (nSPS) is 19.1. The minimum Gasteiger partial charge on any atom is -0.387 e. The summed E-state index contributed by atoms with van der Waals surface area (Å²) in [6.45, 7) is 9.65. The summed E-state index contributed by atoms with van der Waals surface area (Å²) in [5.74, 6) is 0.303. The van der Waals surface area contributed by atoms with Crippen LogP contribution in [0.4, 0.5) is 0 Å². The fourth-order valence-electron chi connectivity index (χ4n) is 8.79. The Labute approximate surface area is 330 Å². The van der Waals surface area contributed by atoms with Crippen molar-refractivity contribution in [2.24, 2.45) is 11.8 Å². The van der Waals surface area contributed by atoms with Crippen LogP contribution in [0.15, 0.2) is 42.6 Å². The Balaban J connectivity index is 0.982. The summed E-state index contributed by atoms with van der Waals surface area (Å²) in [5.41, 5.74) is 9.24. The Hall–Kier alpha value is -5.76. The number of carbonyl (C=O) groups excluding carboxylic acids is 4. The molecule has 5 heterocycles. The number of aliphatic hydroxyl groups is 1. The molecule has 57 heavy (non-hydrogen) atoms. The number of nitrogens with one attached hydrogen (secondary N) is 5. The maximum absolute atomic E-state index is 13.6. The number of benzene rings is 2. The number of hydrogen-bond acceptors (Lipinski definition) is 7. The van der Waals surface area contributed by atoms with E-state index in [1.807, 2.05) is 44.9 Å². The van der Waals surface area contributed by atoms with Gasteiger partial charge in [0, 0.05) is 30.9 Å². The molecule has 2 aliphatic heterocycles. The zero-order chi connectivity index (χ0) is 40.1. The molecule has 3 aliphatic rings. The van der Waals surface area contributed by atoms with Crippen LogP contribution in [0.25, 0.3) is 45.0 Å². The first-order valence-corrected chi connectivity index (χ1v) is 20.1. The second kappa shape index (κ2) is 15.3. The summed E-state index contributed by atoms with van der Waals surface area (Å²) < 4.78 is 0. The smallest absolute Gasteiger partial charge is 0.246 e. The first-order chi connectivity index (χ1) is 27.4. The fourth-order valence-corrected chi connectivity index (χ4v) is 8.79. The Morgan fingerprint density at radius 1 is 0.825 bits per heavy atom. The van der Waals surface area contributed by atoms with Crippen LogP contribution >= 0.6 is 0 Å². The number of fused-ring (bicyclic) bond motifs is 3. The van der Waals surface area contributed by atoms with Gasteiger partial charge in [-0.3, -0.25) is 19.2 Å². The van der Waals surface area contributed by atoms with Crippen molar-refractivity contribution in [2.45, 2.75) is 90.9 Å². The molecule has 1 aliphatic carbocycles. The molecule has 0 bridgehead atoms. The van der Waals surface area contributed by atoms with E-state index in [2.05, 4.69) is 62.0 Å². The first kappa shape index (κ1) is 38.1. The van der Waals surface area contributed by atoms with Crippen LogP contribution in [0.2, 0.25) is 0 Å². The average molecular weight is 774 g/mol. The van der Waals surface area contributed by atoms with E-state index in [-0.39, 0.29) is 41.6 Å². The van der Waals surface area contributed by atoms with Crippen LogP contribution in [0.5, 0.6) is 0 Å². The molecular formula is C43H51N9O5. The van der Waals surface area contributed by atoms with Crippen molar-refractivity contribution >= 4 is 57.2 Å². The van der Waals surface area contributed by atoms with E-state index in [0.29, 0.717) is 13.1 Å². The third-order valence-electron chi connectivity index (χ3n) is 11.7. The van der Waals surface area contributed by atoms with Crippen molar-refractivity contribution < 1.29 is 24.3 Å². The van der Waals surface area contributed by atoms with Crippen molar-refractivity contribution in [3.8, 4) is 11.4 Å². The Morgan fingerprint density at radius 3 is 2.18 bits per heavy atom. The minimum absolute atomic E-state index is 0.0315. The molecule has 3 aromatic heterocycles. The summed E-state index contributed by atoms with van der Waals surface area (Å²) in [5, 5.41) is 15.9. The molecule has 6 N–H and O–H groups in total. The minimum atomic E-state index is -0.720. The molecule has 0 saturated carbocycles. The summed E-state index contributed by atoms with van der Waals surface area (Å²) in [4.78, 5) is 74.8. The van der Waals surface area contributed by atoms with Crippen molar-refractivity contribution in [1.29, 1.82) is 0 Å². The Bertz CT molecular complexity index is 2400. The van der Waals surface area contributed by atoms with Crippen LogP contribution in [-0.2, 0) is 25.6 Å². The molecular weight excluding hydrogens is 723 g/mol. The van der Waals surface area contributed by atoms with Crippen molar-refractivity contribution in [1.82, 2.24) is 45.4 Å². The lowest BCUT2D eigenvalue weighted by molar-refractivity contribution is -0.139. The Kier molecular flexibility index (Phi) is 10.2. The molecule has 4 amide bonds. The number of aliphatic hydroxyl groups excluding tert-OH is 1. The second-order valence-electron chi connectivity index (χ2n) is 16.5. The molecule has 2 fully saturated rings. The van der Waals surface area contributed by atoms with Gasteiger partial charge in [0.15, 0.2) is 0 Å². The van der Waals surface area contributed by atoms with Gasteiger partial charge in [-0.15, -0.1) is 0 Å². The number of aromatic amines is 3. The zero-order valence-electron chi connectivity index (χ0n) is 33.1. The summed E-state index contributed by atoms with van der Waals surface area (Å²) in [6.07, 6.45) is 8.13. The molecule has 8 rings (SSSR count). The van der Waals surface area contributed by atoms with Gasteiger partial charge in [-0.25, -0.2) is 9.97 Å². The highest BCUT2D eigenvalue weighted by molar-refractivity contribution is 5.96. The van der Waals surface area contributed by atoms with Gasteiger partial charge in [0.2, 0.25) is 23.6 Å². The number of nitrogens with zero attached hydrogens (tertiary/aromatic N) is 4. The van der Waals surface area contributed by atoms with Crippen molar-refractivity contribution in [2.75, 3.05) is 19.7 Å².